The first-order valence-electron chi connectivity index (χ1n) is 7.29. The van der Waals surface area contributed by atoms with E-state index in [1.165, 1.54) is 4.90 Å². The molecule has 1 aliphatic rings. The summed E-state index contributed by atoms with van der Waals surface area (Å²) in [6.45, 7) is 1.42. The lowest BCUT2D eigenvalue weighted by Gasteiger charge is -2.23. The number of hydrogen-bond acceptors (Lipinski definition) is 5. The lowest BCUT2D eigenvalue weighted by molar-refractivity contribution is 0.104. The summed E-state index contributed by atoms with van der Waals surface area (Å²) < 4.78 is 33.4. The Labute approximate surface area is 130 Å². The number of nitrogens with one attached hydrogen (secondary N) is 1. The fourth-order valence-corrected chi connectivity index (χ4v) is 4.08. The molecule has 0 radical (unpaired) electrons. The number of carbonyl (C=O) groups excluding carboxylic acids is 1. The van der Waals surface area contributed by atoms with Crippen molar-refractivity contribution in [2.24, 2.45) is 0 Å². The Hall–Kier alpha value is -1.54. The fraction of sp³-hybridized carbons (Fsp3) is 0.643. The largest absolute Gasteiger partial charge is 0.467 e. The van der Waals surface area contributed by atoms with E-state index in [2.05, 4.69) is 5.32 Å². The Morgan fingerprint density at radius 1 is 1.55 bits per heavy atom. The molecular weight excluding hydrogens is 308 g/mol. The fourth-order valence-electron chi connectivity index (χ4n) is 2.31. The lowest BCUT2D eigenvalue weighted by atomic mass is 10.2. The normalized spacial score (nSPS) is 20.0. The van der Waals surface area contributed by atoms with Gasteiger partial charge in [-0.3, -0.25) is 0 Å². The molecule has 8 heteroatoms. The Kier molecular flexibility index (Phi) is 5.84. The van der Waals surface area contributed by atoms with E-state index in [4.69, 9.17) is 9.15 Å². The molecule has 2 heterocycles. The third-order valence-corrected chi connectivity index (χ3v) is 5.39. The van der Waals surface area contributed by atoms with Crippen LogP contribution in [-0.4, -0.2) is 57.1 Å². The van der Waals surface area contributed by atoms with Gasteiger partial charge in [0.1, 0.15) is 12.4 Å². The zero-order chi connectivity index (χ0) is 16.0. The Morgan fingerprint density at radius 3 is 3.00 bits per heavy atom. The average molecular weight is 330 g/mol. The van der Waals surface area contributed by atoms with Crippen molar-refractivity contribution in [3.8, 4) is 0 Å². The molecule has 1 saturated heterocycles. The minimum absolute atomic E-state index is 0.0587. The van der Waals surface area contributed by atoms with Gasteiger partial charge in [0, 0.05) is 26.2 Å². The van der Waals surface area contributed by atoms with Gasteiger partial charge in [-0.25, -0.2) is 13.2 Å². The van der Waals surface area contributed by atoms with Crippen LogP contribution >= 0.6 is 0 Å². The Morgan fingerprint density at radius 2 is 2.36 bits per heavy atom. The maximum Gasteiger partial charge on any atom is 0.317 e. The minimum Gasteiger partial charge on any atom is -0.467 e. The second-order valence-corrected chi connectivity index (χ2v) is 7.61. The molecule has 0 unspecified atom stereocenters. The SMILES string of the molecule is CN(C(=O)NCCCOCc1ccco1)[C@H]1CCS(=O)(=O)C1. The van der Waals surface area contributed by atoms with Gasteiger partial charge in [0.05, 0.1) is 17.8 Å². The van der Waals surface area contributed by atoms with Gasteiger partial charge in [0.15, 0.2) is 9.84 Å². The van der Waals surface area contributed by atoms with Gasteiger partial charge < -0.3 is 19.4 Å². The zero-order valence-corrected chi connectivity index (χ0v) is 13.5. The molecule has 124 valence electrons. The number of furan rings is 1. The third kappa shape index (κ3) is 5.03. The van der Waals surface area contributed by atoms with Crippen molar-refractivity contribution in [1.82, 2.24) is 10.2 Å². The summed E-state index contributed by atoms with van der Waals surface area (Å²) in [6, 6.07) is 3.18. The number of ether oxygens (including phenoxy) is 1. The van der Waals surface area contributed by atoms with Crippen LogP contribution in [0.25, 0.3) is 0 Å². The topological polar surface area (TPSA) is 88.8 Å². The van der Waals surface area contributed by atoms with Crippen LogP contribution in [0.4, 0.5) is 4.79 Å². The van der Waals surface area contributed by atoms with E-state index in [1.54, 1.807) is 19.4 Å². The quantitative estimate of drug-likeness (QED) is 0.754. The third-order valence-electron chi connectivity index (χ3n) is 3.64. The minimum atomic E-state index is -2.98. The zero-order valence-electron chi connectivity index (χ0n) is 12.7. The van der Waals surface area contributed by atoms with Crippen molar-refractivity contribution in [3.05, 3.63) is 24.2 Å². The van der Waals surface area contributed by atoms with E-state index in [9.17, 15) is 13.2 Å². The van der Waals surface area contributed by atoms with Crippen LogP contribution in [0.2, 0.25) is 0 Å². The molecule has 1 aliphatic heterocycles. The maximum absolute atomic E-state index is 11.9. The van der Waals surface area contributed by atoms with Crippen molar-refractivity contribution in [3.63, 3.8) is 0 Å². The first-order chi connectivity index (χ1) is 10.5. The van der Waals surface area contributed by atoms with E-state index in [0.29, 0.717) is 32.6 Å². The number of amides is 2. The van der Waals surface area contributed by atoms with Crippen molar-refractivity contribution in [2.45, 2.75) is 25.5 Å². The highest BCUT2D eigenvalue weighted by atomic mass is 32.2. The highest BCUT2D eigenvalue weighted by Gasteiger charge is 2.32. The molecule has 1 fully saturated rings. The van der Waals surface area contributed by atoms with Gasteiger partial charge in [-0.2, -0.15) is 0 Å². The van der Waals surface area contributed by atoms with Crippen LogP contribution in [0.3, 0.4) is 0 Å². The maximum atomic E-state index is 11.9. The van der Waals surface area contributed by atoms with E-state index < -0.39 is 9.84 Å². The van der Waals surface area contributed by atoms with E-state index >= 15 is 0 Å². The molecule has 2 rings (SSSR count). The van der Waals surface area contributed by atoms with Crippen molar-refractivity contribution < 1.29 is 22.4 Å². The number of urea groups is 1. The molecule has 0 spiro atoms. The number of rotatable bonds is 7. The summed E-state index contributed by atoms with van der Waals surface area (Å²) in [5, 5.41) is 2.77. The monoisotopic (exact) mass is 330 g/mol. The first kappa shape index (κ1) is 16.8. The standard InChI is InChI=1S/C14H22N2O5S/c1-16(12-5-9-22(18,19)11-12)14(17)15-6-3-7-20-10-13-4-2-8-21-13/h2,4,8,12H,3,5-7,9-11H2,1H3,(H,15,17)/t12-/m0/s1. The van der Waals surface area contributed by atoms with E-state index in [-0.39, 0.29) is 23.6 Å². The second kappa shape index (κ2) is 7.64. The second-order valence-electron chi connectivity index (χ2n) is 5.39. The molecule has 0 aliphatic carbocycles. The van der Waals surface area contributed by atoms with Crippen molar-refractivity contribution in [1.29, 1.82) is 0 Å². The van der Waals surface area contributed by atoms with Gasteiger partial charge in [0.25, 0.3) is 0 Å². The Bertz CT molecular complexity index is 570. The lowest BCUT2D eigenvalue weighted by Crippen LogP contribution is -2.44. The molecule has 0 aromatic carbocycles. The van der Waals surface area contributed by atoms with Crippen molar-refractivity contribution >= 4 is 15.9 Å². The summed E-state index contributed by atoms with van der Waals surface area (Å²) in [5.74, 6) is 0.991. The highest BCUT2D eigenvalue weighted by Crippen LogP contribution is 2.16. The molecule has 1 N–H and O–H groups in total. The summed E-state index contributed by atoms with van der Waals surface area (Å²) in [6.07, 6.45) is 2.79. The smallest absolute Gasteiger partial charge is 0.317 e. The first-order valence-corrected chi connectivity index (χ1v) is 9.11. The van der Waals surface area contributed by atoms with Crippen molar-refractivity contribution in [2.75, 3.05) is 31.7 Å². The van der Waals surface area contributed by atoms with Crippen LogP contribution < -0.4 is 5.32 Å². The number of nitrogens with zero attached hydrogens (tertiary/aromatic N) is 1. The molecule has 2 amide bonds. The van der Waals surface area contributed by atoms with E-state index in [1.807, 2.05) is 6.07 Å². The molecule has 1 aromatic rings. The van der Waals surface area contributed by atoms with Gasteiger partial charge in [-0.1, -0.05) is 0 Å². The van der Waals surface area contributed by atoms with Crippen LogP contribution in [0, 0.1) is 0 Å². The summed E-state index contributed by atoms with van der Waals surface area (Å²) in [4.78, 5) is 13.4. The van der Waals surface area contributed by atoms with Gasteiger partial charge in [-0.15, -0.1) is 0 Å². The molecule has 1 aromatic heterocycles. The van der Waals surface area contributed by atoms with Crippen LogP contribution in [0.15, 0.2) is 22.8 Å². The predicted molar refractivity (Wildman–Crippen MR) is 81.2 cm³/mol. The summed E-state index contributed by atoms with van der Waals surface area (Å²) in [7, 11) is -1.35. The van der Waals surface area contributed by atoms with Gasteiger partial charge >= 0.3 is 6.03 Å². The molecule has 0 bridgehead atoms. The number of hydrogen-bond donors (Lipinski definition) is 1. The van der Waals surface area contributed by atoms with Gasteiger partial charge in [0.2, 0.25) is 0 Å². The molecular formula is C14H22N2O5S. The predicted octanol–water partition coefficient (Wildman–Crippen LogP) is 1.01. The van der Waals surface area contributed by atoms with Crippen LogP contribution in [0.1, 0.15) is 18.6 Å². The molecule has 7 nitrogen and oxygen atoms in total. The summed E-state index contributed by atoms with van der Waals surface area (Å²) in [5.41, 5.74) is 0. The Balaban J connectivity index is 1.57. The van der Waals surface area contributed by atoms with Crippen LogP contribution in [0.5, 0.6) is 0 Å². The molecule has 1 atom stereocenters. The summed E-state index contributed by atoms with van der Waals surface area (Å²) >= 11 is 0. The molecule has 0 saturated carbocycles. The molecule has 22 heavy (non-hydrogen) atoms. The van der Waals surface area contributed by atoms with Crippen LogP contribution in [-0.2, 0) is 21.2 Å². The average Bonchev–Trinajstić information content (AvgIpc) is 3.10. The van der Waals surface area contributed by atoms with E-state index in [0.717, 1.165) is 5.76 Å². The number of carbonyl (C=O) groups is 1. The van der Waals surface area contributed by atoms with Gasteiger partial charge in [-0.05, 0) is 25.0 Å². The highest BCUT2D eigenvalue weighted by molar-refractivity contribution is 7.91. The number of sulfone groups is 1.